The number of benzene rings is 1. The highest BCUT2D eigenvalue weighted by Gasteiger charge is 2.61. The molecule has 1 spiro atoms. The Balaban J connectivity index is 1.15. The molecular weight excluding hydrogens is 522 g/mol. The third kappa shape index (κ3) is 5.28. The molecule has 0 bridgehead atoms. The van der Waals surface area contributed by atoms with Gasteiger partial charge in [0, 0.05) is 49.8 Å². The molecule has 2 atom stereocenters. The molecule has 1 N–H and O–H groups in total. The van der Waals surface area contributed by atoms with Crippen LogP contribution >= 0.6 is 0 Å². The lowest BCUT2D eigenvalue weighted by Gasteiger charge is -2.50. The van der Waals surface area contributed by atoms with Crippen LogP contribution in [0.4, 0.5) is 0 Å². The molecule has 2 aliphatic heterocycles. The standard InChI is InChI=1S/C30H35N7O4/c1-29(2)11-23(29)28(40)36-18-30(19-36)17-35(16-24(30)26(38)31-13-22-9-10-25(41-3)34-33-22)27(39)21-12-32-37(15-21)14-20-7-5-4-6-8-20/h4-10,12,15,23-24H,11,13-14,16-19H2,1-3H3,(H,31,38)/t23-,24+/m1/s1. The first-order chi connectivity index (χ1) is 19.7. The van der Waals surface area contributed by atoms with Gasteiger partial charge in [-0.05, 0) is 23.5 Å². The lowest BCUT2D eigenvalue weighted by atomic mass is 9.71. The van der Waals surface area contributed by atoms with Crippen LogP contribution in [0.1, 0.15) is 41.9 Å². The van der Waals surface area contributed by atoms with Crippen molar-refractivity contribution < 1.29 is 19.1 Å². The number of carbonyl (C=O) groups is 3. The van der Waals surface area contributed by atoms with Crippen LogP contribution in [0, 0.1) is 22.7 Å². The van der Waals surface area contributed by atoms with Crippen molar-refractivity contribution in [1.82, 2.24) is 35.1 Å². The summed E-state index contributed by atoms with van der Waals surface area (Å²) < 4.78 is 6.80. The second-order valence-corrected chi connectivity index (χ2v) is 12.2. The van der Waals surface area contributed by atoms with Gasteiger partial charge in [-0.3, -0.25) is 19.1 Å². The Labute approximate surface area is 238 Å². The number of methoxy groups -OCH3 is 1. The van der Waals surface area contributed by atoms with Gasteiger partial charge >= 0.3 is 0 Å². The van der Waals surface area contributed by atoms with Crippen LogP contribution in [0.5, 0.6) is 5.88 Å². The lowest BCUT2D eigenvalue weighted by molar-refractivity contribution is -0.151. The number of hydrogen-bond donors (Lipinski definition) is 1. The summed E-state index contributed by atoms with van der Waals surface area (Å²) in [5.41, 5.74) is 1.73. The molecule has 2 saturated heterocycles. The van der Waals surface area contributed by atoms with Crippen LogP contribution in [-0.4, -0.2) is 80.8 Å². The molecule has 214 valence electrons. The molecule has 11 heteroatoms. The molecule has 1 aromatic carbocycles. The molecule has 3 fully saturated rings. The van der Waals surface area contributed by atoms with E-state index in [9.17, 15) is 14.4 Å². The van der Waals surface area contributed by atoms with Crippen molar-refractivity contribution in [2.24, 2.45) is 22.7 Å². The summed E-state index contributed by atoms with van der Waals surface area (Å²) in [5, 5.41) is 15.4. The topological polar surface area (TPSA) is 123 Å². The molecule has 2 aromatic heterocycles. The highest BCUT2D eigenvalue weighted by molar-refractivity contribution is 5.95. The largest absolute Gasteiger partial charge is 0.480 e. The van der Waals surface area contributed by atoms with Gasteiger partial charge < -0.3 is 19.9 Å². The Morgan fingerprint density at radius 3 is 2.39 bits per heavy atom. The van der Waals surface area contributed by atoms with Gasteiger partial charge in [-0.1, -0.05) is 44.2 Å². The minimum Gasteiger partial charge on any atom is -0.480 e. The molecule has 0 unspecified atom stereocenters. The number of hydrogen-bond acceptors (Lipinski definition) is 7. The zero-order valence-electron chi connectivity index (χ0n) is 23.6. The number of likely N-dealkylation sites (tertiary alicyclic amines) is 2. The second kappa shape index (κ2) is 10.3. The number of rotatable bonds is 8. The fourth-order valence-electron chi connectivity index (χ4n) is 6.15. The molecule has 41 heavy (non-hydrogen) atoms. The van der Waals surface area contributed by atoms with E-state index in [0.29, 0.717) is 43.3 Å². The van der Waals surface area contributed by atoms with Gasteiger partial charge in [0.05, 0.1) is 43.6 Å². The van der Waals surface area contributed by atoms with Crippen LogP contribution < -0.4 is 10.1 Å². The van der Waals surface area contributed by atoms with Crippen LogP contribution in [0.15, 0.2) is 54.9 Å². The van der Waals surface area contributed by atoms with Crippen LogP contribution in [-0.2, 0) is 22.7 Å². The number of nitrogens with one attached hydrogen (secondary N) is 1. The average molecular weight is 558 g/mol. The monoisotopic (exact) mass is 557 g/mol. The van der Waals surface area contributed by atoms with Gasteiger partial charge in [0.2, 0.25) is 17.7 Å². The van der Waals surface area contributed by atoms with Crippen LogP contribution in [0.2, 0.25) is 0 Å². The van der Waals surface area contributed by atoms with Crippen molar-refractivity contribution in [1.29, 1.82) is 0 Å². The first-order valence-electron chi connectivity index (χ1n) is 14.0. The fourth-order valence-corrected chi connectivity index (χ4v) is 6.15. The van der Waals surface area contributed by atoms with E-state index < -0.39 is 11.3 Å². The second-order valence-electron chi connectivity index (χ2n) is 12.2. The van der Waals surface area contributed by atoms with E-state index in [1.807, 2.05) is 35.2 Å². The van der Waals surface area contributed by atoms with Gasteiger partial charge in [-0.2, -0.15) is 10.2 Å². The minimum atomic E-state index is -0.486. The molecule has 11 nitrogen and oxygen atoms in total. The van der Waals surface area contributed by atoms with Gasteiger partial charge in [-0.25, -0.2) is 0 Å². The summed E-state index contributed by atoms with van der Waals surface area (Å²) >= 11 is 0. The summed E-state index contributed by atoms with van der Waals surface area (Å²) in [4.78, 5) is 43.8. The summed E-state index contributed by atoms with van der Waals surface area (Å²) in [6.45, 7) is 6.61. The Morgan fingerprint density at radius 1 is 1.00 bits per heavy atom. The van der Waals surface area contributed by atoms with E-state index in [-0.39, 0.29) is 42.1 Å². The van der Waals surface area contributed by atoms with Crippen LogP contribution in [0.3, 0.4) is 0 Å². The zero-order chi connectivity index (χ0) is 28.8. The van der Waals surface area contributed by atoms with E-state index in [2.05, 4.69) is 34.5 Å². The number of ether oxygens (including phenoxy) is 1. The molecule has 1 saturated carbocycles. The van der Waals surface area contributed by atoms with E-state index in [4.69, 9.17) is 4.74 Å². The van der Waals surface area contributed by atoms with Gasteiger partial charge in [0.25, 0.3) is 5.91 Å². The Kier molecular flexibility index (Phi) is 6.75. The average Bonchev–Trinajstić information content (AvgIpc) is 3.28. The third-order valence-electron chi connectivity index (χ3n) is 8.80. The number of nitrogens with zero attached hydrogens (tertiary/aromatic N) is 6. The molecular formula is C30H35N7O4. The first-order valence-corrected chi connectivity index (χ1v) is 14.0. The minimum absolute atomic E-state index is 0.0353. The molecule has 1 aliphatic carbocycles. The van der Waals surface area contributed by atoms with E-state index in [1.165, 1.54) is 7.11 Å². The normalized spacial score (nSPS) is 21.8. The van der Waals surface area contributed by atoms with Gasteiger partial charge in [-0.15, -0.1) is 5.10 Å². The summed E-state index contributed by atoms with van der Waals surface area (Å²) in [5.74, 6) is -0.178. The highest BCUT2D eigenvalue weighted by Crippen LogP contribution is 2.54. The first kappa shape index (κ1) is 26.9. The zero-order valence-corrected chi connectivity index (χ0v) is 23.6. The van der Waals surface area contributed by atoms with Crippen molar-refractivity contribution in [2.45, 2.75) is 33.4 Å². The number of aromatic nitrogens is 4. The maximum absolute atomic E-state index is 13.6. The number of carbonyl (C=O) groups excluding carboxylic acids is 3. The van der Waals surface area contributed by atoms with Crippen molar-refractivity contribution in [3.8, 4) is 5.88 Å². The smallest absolute Gasteiger partial charge is 0.257 e. The maximum Gasteiger partial charge on any atom is 0.257 e. The molecule has 4 heterocycles. The van der Waals surface area contributed by atoms with Gasteiger partial charge in [0.1, 0.15) is 0 Å². The Hall–Kier alpha value is -4.28. The molecule has 3 amide bonds. The molecule has 3 aliphatic rings. The quantitative estimate of drug-likeness (QED) is 0.450. The van der Waals surface area contributed by atoms with Crippen molar-refractivity contribution in [2.75, 3.05) is 33.3 Å². The third-order valence-corrected chi connectivity index (χ3v) is 8.80. The van der Waals surface area contributed by atoms with E-state index >= 15 is 0 Å². The molecule has 3 aromatic rings. The fraction of sp³-hybridized carbons (Fsp3) is 0.467. The molecule has 6 rings (SSSR count). The maximum atomic E-state index is 13.6. The predicted octanol–water partition coefficient (Wildman–Crippen LogP) is 1.99. The lowest BCUT2D eigenvalue weighted by Crippen LogP contribution is -2.64. The van der Waals surface area contributed by atoms with E-state index in [0.717, 1.165) is 12.0 Å². The highest BCUT2D eigenvalue weighted by atomic mass is 16.5. The summed E-state index contributed by atoms with van der Waals surface area (Å²) in [6, 6.07) is 13.4. The predicted molar refractivity (Wildman–Crippen MR) is 148 cm³/mol. The van der Waals surface area contributed by atoms with E-state index in [1.54, 1.807) is 34.1 Å². The Bertz CT molecular complexity index is 1450. The van der Waals surface area contributed by atoms with Crippen molar-refractivity contribution in [3.05, 3.63) is 71.7 Å². The SMILES string of the molecule is COc1ccc(CNC(=O)[C@@H]2CN(C(=O)c3cnn(Cc4ccccc4)c3)CC23CN(C(=O)[C@H]2CC2(C)C)C3)nn1. The summed E-state index contributed by atoms with van der Waals surface area (Å²) in [6.07, 6.45) is 4.22. The van der Waals surface area contributed by atoms with Gasteiger partial charge in [0.15, 0.2) is 0 Å². The summed E-state index contributed by atoms with van der Waals surface area (Å²) in [7, 11) is 1.52. The van der Waals surface area contributed by atoms with Crippen LogP contribution in [0.25, 0.3) is 0 Å². The Morgan fingerprint density at radius 2 is 1.73 bits per heavy atom. The number of amides is 3. The van der Waals surface area contributed by atoms with Crippen molar-refractivity contribution in [3.63, 3.8) is 0 Å². The molecule has 0 radical (unpaired) electrons. The van der Waals surface area contributed by atoms with Crippen molar-refractivity contribution >= 4 is 17.7 Å².